The standard InChI is InChI=1S/C22H29N3O4S/c1-15(2)12-17-4-6-19(7-5-17)30(28,29)24-18-13-20(22(26)27)21(23-14-18)25-10-8-16(3)9-11-25/h4-7,13-16,24H,8-12H2,1-3H3,(H,26,27). The van der Waals surface area contributed by atoms with Gasteiger partial charge in [0.15, 0.2) is 0 Å². The molecule has 162 valence electrons. The zero-order valence-corrected chi connectivity index (χ0v) is 18.4. The normalized spacial score (nSPS) is 15.4. The zero-order chi connectivity index (χ0) is 21.9. The molecule has 0 amide bonds. The Labute approximate surface area is 178 Å². The predicted octanol–water partition coefficient (Wildman–Crippen LogP) is 4.02. The van der Waals surface area contributed by atoms with Crippen molar-refractivity contribution in [2.75, 3.05) is 22.7 Å². The number of sulfonamides is 1. The van der Waals surface area contributed by atoms with Crippen molar-refractivity contribution in [1.29, 1.82) is 0 Å². The maximum absolute atomic E-state index is 12.7. The first-order valence-corrected chi connectivity index (χ1v) is 11.7. The van der Waals surface area contributed by atoms with Crippen molar-refractivity contribution in [3.63, 3.8) is 0 Å². The van der Waals surface area contributed by atoms with Crippen LogP contribution in [0.25, 0.3) is 0 Å². The van der Waals surface area contributed by atoms with Crippen LogP contribution in [0.15, 0.2) is 41.4 Å². The highest BCUT2D eigenvalue weighted by Crippen LogP contribution is 2.27. The lowest BCUT2D eigenvalue weighted by molar-refractivity contribution is 0.0697. The van der Waals surface area contributed by atoms with E-state index in [9.17, 15) is 18.3 Å². The lowest BCUT2D eigenvalue weighted by atomic mass is 9.99. The number of carboxylic acid groups (broad SMARTS) is 1. The first kappa shape index (κ1) is 22.1. The minimum atomic E-state index is -3.84. The molecule has 0 unspecified atom stereocenters. The van der Waals surface area contributed by atoms with Gasteiger partial charge in [-0.3, -0.25) is 4.72 Å². The summed E-state index contributed by atoms with van der Waals surface area (Å²) in [4.78, 5) is 18.2. The molecule has 8 heteroatoms. The number of nitrogens with zero attached hydrogens (tertiary/aromatic N) is 2. The molecule has 2 aromatic rings. The smallest absolute Gasteiger partial charge is 0.339 e. The summed E-state index contributed by atoms with van der Waals surface area (Å²) in [5.74, 6) is 0.339. The van der Waals surface area contributed by atoms with Crippen molar-refractivity contribution < 1.29 is 18.3 Å². The summed E-state index contributed by atoms with van der Waals surface area (Å²) in [5, 5.41) is 9.65. The highest BCUT2D eigenvalue weighted by Gasteiger charge is 2.23. The van der Waals surface area contributed by atoms with Crippen LogP contribution in [0, 0.1) is 11.8 Å². The Morgan fingerprint density at radius 2 is 1.87 bits per heavy atom. The van der Waals surface area contributed by atoms with Crippen molar-refractivity contribution >= 4 is 27.5 Å². The quantitative estimate of drug-likeness (QED) is 0.687. The van der Waals surface area contributed by atoms with Gasteiger partial charge in [0.2, 0.25) is 0 Å². The number of pyridine rings is 1. The average molecular weight is 432 g/mol. The van der Waals surface area contributed by atoms with Crippen LogP contribution in [0.3, 0.4) is 0 Å². The number of anilines is 2. The predicted molar refractivity (Wildman–Crippen MR) is 118 cm³/mol. The van der Waals surface area contributed by atoms with Crippen molar-refractivity contribution in [2.45, 2.75) is 44.9 Å². The van der Waals surface area contributed by atoms with Crippen molar-refractivity contribution in [1.82, 2.24) is 4.98 Å². The summed E-state index contributed by atoms with van der Waals surface area (Å²) >= 11 is 0. The Bertz CT molecular complexity index is 996. The van der Waals surface area contributed by atoms with Crippen LogP contribution in [0.5, 0.6) is 0 Å². The van der Waals surface area contributed by atoms with Crippen LogP contribution in [0.1, 0.15) is 49.5 Å². The minimum Gasteiger partial charge on any atom is -0.478 e. The summed E-state index contributed by atoms with van der Waals surface area (Å²) in [6.45, 7) is 7.86. The van der Waals surface area contributed by atoms with E-state index < -0.39 is 16.0 Å². The zero-order valence-electron chi connectivity index (χ0n) is 17.6. The topological polar surface area (TPSA) is 99.6 Å². The summed E-state index contributed by atoms with van der Waals surface area (Å²) in [6.07, 6.45) is 4.20. The Balaban J connectivity index is 1.82. The van der Waals surface area contributed by atoms with Gasteiger partial charge in [-0.25, -0.2) is 18.2 Å². The molecule has 3 rings (SSSR count). The molecule has 2 N–H and O–H groups in total. The fourth-order valence-corrected chi connectivity index (χ4v) is 4.67. The molecule has 0 radical (unpaired) electrons. The van der Waals surface area contributed by atoms with Crippen LogP contribution in [-0.4, -0.2) is 37.6 Å². The lowest BCUT2D eigenvalue weighted by Gasteiger charge is -2.32. The number of benzene rings is 1. The molecule has 1 aliphatic rings. The maximum atomic E-state index is 12.7. The fraction of sp³-hybridized carbons (Fsp3) is 0.455. The van der Waals surface area contributed by atoms with Gasteiger partial charge in [-0.05, 0) is 54.9 Å². The molecule has 2 heterocycles. The molecule has 30 heavy (non-hydrogen) atoms. The largest absolute Gasteiger partial charge is 0.478 e. The third-order valence-electron chi connectivity index (χ3n) is 5.31. The Kier molecular flexibility index (Phi) is 6.65. The van der Waals surface area contributed by atoms with Crippen LogP contribution in [0.4, 0.5) is 11.5 Å². The molecule has 1 aromatic heterocycles. The van der Waals surface area contributed by atoms with Gasteiger partial charge >= 0.3 is 5.97 Å². The van der Waals surface area contributed by atoms with Crippen LogP contribution < -0.4 is 9.62 Å². The molecule has 0 spiro atoms. The molecule has 0 saturated carbocycles. The van der Waals surface area contributed by atoms with Gasteiger partial charge in [-0.15, -0.1) is 0 Å². The molecule has 7 nitrogen and oxygen atoms in total. The van der Waals surface area contributed by atoms with Gasteiger partial charge in [0.25, 0.3) is 10.0 Å². The molecular formula is C22H29N3O4S. The van der Waals surface area contributed by atoms with Gasteiger partial charge in [0, 0.05) is 13.1 Å². The van der Waals surface area contributed by atoms with Crippen molar-refractivity contribution in [3.05, 3.63) is 47.7 Å². The monoisotopic (exact) mass is 431 g/mol. The number of carboxylic acids is 1. The van der Waals surface area contributed by atoms with Crippen molar-refractivity contribution in [3.8, 4) is 0 Å². The van der Waals surface area contributed by atoms with Crippen LogP contribution >= 0.6 is 0 Å². The molecule has 0 bridgehead atoms. The van der Waals surface area contributed by atoms with E-state index in [1.54, 1.807) is 24.3 Å². The first-order chi connectivity index (χ1) is 14.2. The van der Waals surface area contributed by atoms with Crippen LogP contribution in [-0.2, 0) is 16.4 Å². The second-order valence-electron chi connectivity index (χ2n) is 8.42. The number of aromatic carboxylic acids is 1. The van der Waals surface area contributed by atoms with E-state index in [1.165, 1.54) is 12.3 Å². The van der Waals surface area contributed by atoms with Gasteiger partial charge in [-0.1, -0.05) is 32.9 Å². The van der Waals surface area contributed by atoms with E-state index in [4.69, 9.17) is 0 Å². The average Bonchev–Trinajstić information content (AvgIpc) is 2.68. The van der Waals surface area contributed by atoms with E-state index >= 15 is 0 Å². The van der Waals surface area contributed by atoms with Crippen LogP contribution in [0.2, 0.25) is 0 Å². The van der Waals surface area contributed by atoms with Gasteiger partial charge in [0.05, 0.1) is 16.8 Å². The number of rotatable bonds is 7. The van der Waals surface area contributed by atoms with E-state index in [0.29, 0.717) is 17.7 Å². The fourth-order valence-electron chi connectivity index (χ4n) is 3.63. The second kappa shape index (κ2) is 9.04. The van der Waals surface area contributed by atoms with E-state index in [2.05, 4.69) is 30.5 Å². The summed E-state index contributed by atoms with van der Waals surface area (Å²) in [5.41, 5.74) is 1.20. The lowest BCUT2D eigenvalue weighted by Crippen LogP contribution is -2.34. The molecular weight excluding hydrogens is 402 g/mol. The molecule has 1 aliphatic heterocycles. The van der Waals surface area contributed by atoms with E-state index in [1.807, 2.05) is 4.90 Å². The maximum Gasteiger partial charge on any atom is 0.339 e. The number of piperidine rings is 1. The van der Waals surface area contributed by atoms with Gasteiger partial charge < -0.3 is 10.0 Å². The summed E-state index contributed by atoms with van der Waals surface area (Å²) in [7, 11) is -3.84. The van der Waals surface area contributed by atoms with Crippen molar-refractivity contribution in [2.24, 2.45) is 11.8 Å². The number of hydrogen-bond donors (Lipinski definition) is 2. The molecule has 0 atom stereocenters. The van der Waals surface area contributed by atoms with Gasteiger partial charge in [-0.2, -0.15) is 0 Å². The number of carbonyl (C=O) groups is 1. The Morgan fingerprint density at radius 1 is 1.23 bits per heavy atom. The van der Waals surface area contributed by atoms with E-state index in [-0.39, 0.29) is 16.1 Å². The minimum absolute atomic E-state index is 0.00275. The summed E-state index contributed by atoms with van der Waals surface area (Å²) in [6, 6.07) is 8.07. The summed E-state index contributed by atoms with van der Waals surface area (Å²) < 4.78 is 27.9. The highest BCUT2D eigenvalue weighted by atomic mass is 32.2. The third kappa shape index (κ3) is 5.30. The molecule has 0 aliphatic carbocycles. The second-order valence-corrected chi connectivity index (χ2v) is 10.1. The number of nitrogens with one attached hydrogen (secondary N) is 1. The Morgan fingerprint density at radius 3 is 2.43 bits per heavy atom. The SMILES string of the molecule is CC(C)Cc1ccc(S(=O)(=O)Nc2cnc(N3CCC(C)CC3)c(C(=O)O)c2)cc1. The van der Waals surface area contributed by atoms with Gasteiger partial charge in [0.1, 0.15) is 11.4 Å². The molecule has 1 saturated heterocycles. The first-order valence-electron chi connectivity index (χ1n) is 10.3. The Hall–Kier alpha value is -2.61. The molecule has 1 fully saturated rings. The van der Waals surface area contributed by atoms with E-state index in [0.717, 1.165) is 37.9 Å². The highest BCUT2D eigenvalue weighted by molar-refractivity contribution is 7.92. The number of hydrogen-bond acceptors (Lipinski definition) is 5. The third-order valence-corrected chi connectivity index (χ3v) is 6.71. The number of aromatic nitrogens is 1. The molecule has 1 aromatic carbocycles.